The maximum Gasteiger partial charge on any atom is 0.235 e. The molecule has 4 heterocycles. The van der Waals surface area contributed by atoms with E-state index in [2.05, 4.69) is 30.6 Å². The van der Waals surface area contributed by atoms with Crippen LogP contribution in [0.15, 0.2) is 61.1 Å². The van der Waals surface area contributed by atoms with Crippen LogP contribution in [0.4, 0.5) is 16.0 Å². The predicted molar refractivity (Wildman–Crippen MR) is 139 cm³/mol. The minimum atomic E-state index is -0.904. The molecule has 1 saturated heterocycles. The molecule has 10 nitrogen and oxygen atoms in total. The first-order chi connectivity index (χ1) is 18.3. The summed E-state index contributed by atoms with van der Waals surface area (Å²) in [5.41, 5.74) is 2.20. The molecule has 1 amide bonds. The summed E-state index contributed by atoms with van der Waals surface area (Å²) in [7, 11) is 0. The molecule has 0 saturated carbocycles. The smallest absolute Gasteiger partial charge is 0.235 e. The standard InChI is InChI=1S/C27H28FN7O3/c1-16(2)31-26-30-13-10-20(33-26)22-21(17-4-6-18(28)7-5-17)34-23(35-22)24-37-14-27(3,15-38-24)25(36)32-19-8-11-29-12-9-19/h4-13,16,24H,14-15H2,1-3H3,(H,34,35)(H,29,32,36)(H,30,31,33). The highest BCUT2D eigenvalue weighted by Crippen LogP contribution is 2.36. The Morgan fingerprint density at radius 3 is 2.45 bits per heavy atom. The Morgan fingerprint density at radius 1 is 1.05 bits per heavy atom. The molecule has 1 fully saturated rings. The summed E-state index contributed by atoms with van der Waals surface area (Å²) in [5, 5.41) is 6.06. The molecule has 0 spiro atoms. The monoisotopic (exact) mass is 517 g/mol. The zero-order valence-corrected chi connectivity index (χ0v) is 21.2. The summed E-state index contributed by atoms with van der Waals surface area (Å²) in [6.45, 7) is 6.01. The molecule has 3 N–H and O–H groups in total. The number of rotatable bonds is 7. The Bertz CT molecular complexity index is 1400. The second-order valence-electron chi connectivity index (χ2n) is 9.62. The van der Waals surface area contributed by atoms with Crippen molar-refractivity contribution >= 4 is 17.5 Å². The number of amides is 1. The van der Waals surface area contributed by atoms with E-state index in [0.29, 0.717) is 40.1 Å². The Morgan fingerprint density at radius 2 is 1.76 bits per heavy atom. The van der Waals surface area contributed by atoms with Crippen molar-refractivity contribution < 1.29 is 18.7 Å². The number of hydrogen-bond donors (Lipinski definition) is 3. The summed E-state index contributed by atoms with van der Waals surface area (Å²) in [5.74, 6) is 0.313. The second-order valence-corrected chi connectivity index (χ2v) is 9.62. The van der Waals surface area contributed by atoms with Crippen molar-refractivity contribution in [3.63, 3.8) is 0 Å². The topological polar surface area (TPSA) is 127 Å². The zero-order chi connectivity index (χ0) is 26.7. The molecule has 1 aromatic carbocycles. The van der Waals surface area contributed by atoms with Gasteiger partial charge in [0, 0.05) is 35.9 Å². The second kappa shape index (κ2) is 10.6. The molecule has 0 unspecified atom stereocenters. The van der Waals surface area contributed by atoms with E-state index in [4.69, 9.17) is 14.5 Å². The van der Waals surface area contributed by atoms with Crippen LogP contribution in [-0.2, 0) is 14.3 Å². The maximum absolute atomic E-state index is 13.6. The zero-order valence-electron chi connectivity index (χ0n) is 21.2. The van der Waals surface area contributed by atoms with Gasteiger partial charge >= 0.3 is 0 Å². The minimum absolute atomic E-state index is 0.118. The fourth-order valence-electron chi connectivity index (χ4n) is 3.95. The number of nitrogens with one attached hydrogen (secondary N) is 3. The van der Waals surface area contributed by atoms with Crippen LogP contribution in [0.5, 0.6) is 0 Å². The number of aromatic nitrogens is 5. The lowest BCUT2D eigenvalue weighted by molar-refractivity contribution is -0.229. The molecule has 0 bridgehead atoms. The number of benzene rings is 1. The molecule has 5 rings (SSSR count). The summed E-state index contributed by atoms with van der Waals surface area (Å²) < 4.78 is 25.6. The van der Waals surface area contributed by atoms with Crippen molar-refractivity contribution in [1.82, 2.24) is 24.9 Å². The Hall–Kier alpha value is -4.22. The van der Waals surface area contributed by atoms with Crippen LogP contribution in [-0.4, -0.2) is 50.1 Å². The minimum Gasteiger partial charge on any atom is -0.352 e. The largest absolute Gasteiger partial charge is 0.352 e. The number of hydrogen-bond acceptors (Lipinski definition) is 8. The Balaban J connectivity index is 1.40. The molecule has 1 aliphatic heterocycles. The number of imidazole rings is 1. The van der Waals surface area contributed by atoms with E-state index < -0.39 is 11.7 Å². The first-order valence-corrected chi connectivity index (χ1v) is 12.2. The van der Waals surface area contributed by atoms with Gasteiger partial charge in [-0.3, -0.25) is 9.78 Å². The Labute approximate surface area is 219 Å². The van der Waals surface area contributed by atoms with Gasteiger partial charge in [0.1, 0.15) is 5.82 Å². The Kier molecular flexibility index (Phi) is 7.12. The van der Waals surface area contributed by atoms with Crippen LogP contribution >= 0.6 is 0 Å². The van der Waals surface area contributed by atoms with Gasteiger partial charge in [0.2, 0.25) is 18.1 Å². The van der Waals surface area contributed by atoms with Crippen molar-refractivity contribution in [3.8, 4) is 22.6 Å². The van der Waals surface area contributed by atoms with Crippen molar-refractivity contribution in [2.45, 2.75) is 33.1 Å². The van der Waals surface area contributed by atoms with Crippen molar-refractivity contribution in [1.29, 1.82) is 0 Å². The van der Waals surface area contributed by atoms with Gasteiger partial charge in [-0.1, -0.05) is 0 Å². The third kappa shape index (κ3) is 5.53. The first kappa shape index (κ1) is 25.4. The number of halogens is 1. The molecule has 11 heteroatoms. The molecule has 3 aromatic heterocycles. The first-order valence-electron chi connectivity index (χ1n) is 12.2. The van der Waals surface area contributed by atoms with E-state index in [-0.39, 0.29) is 31.0 Å². The number of H-pyrrole nitrogens is 1. The molecule has 0 atom stereocenters. The van der Waals surface area contributed by atoms with Gasteiger partial charge in [-0.15, -0.1) is 0 Å². The van der Waals surface area contributed by atoms with Gasteiger partial charge in [0.25, 0.3) is 0 Å². The average Bonchev–Trinajstić information content (AvgIpc) is 3.35. The quantitative estimate of drug-likeness (QED) is 0.325. The lowest BCUT2D eigenvalue weighted by atomic mass is 9.91. The number of carbonyl (C=O) groups is 1. The maximum atomic E-state index is 13.6. The number of anilines is 2. The van der Waals surface area contributed by atoms with Crippen LogP contribution in [0.1, 0.15) is 32.9 Å². The summed E-state index contributed by atoms with van der Waals surface area (Å²) >= 11 is 0. The van der Waals surface area contributed by atoms with Crippen LogP contribution in [0, 0.1) is 11.2 Å². The highest BCUT2D eigenvalue weighted by molar-refractivity contribution is 5.95. The molecular weight excluding hydrogens is 489 g/mol. The number of carbonyl (C=O) groups excluding carboxylic acids is 1. The van der Waals surface area contributed by atoms with Gasteiger partial charge in [-0.25, -0.2) is 19.3 Å². The SMILES string of the molecule is CC(C)Nc1nccc(-c2[nH]c(C3OCC(C)(C(=O)Nc4ccncc4)CO3)nc2-c2ccc(F)cc2)n1. The van der Waals surface area contributed by atoms with Crippen molar-refractivity contribution in [2.75, 3.05) is 23.8 Å². The number of nitrogens with zero attached hydrogens (tertiary/aromatic N) is 4. The van der Waals surface area contributed by atoms with Gasteiger partial charge in [0.05, 0.1) is 35.7 Å². The normalized spacial score (nSPS) is 19.3. The van der Waals surface area contributed by atoms with Crippen LogP contribution < -0.4 is 10.6 Å². The molecule has 1 aliphatic rings. The van der Waals surface area contributed by atoms with E-state index in [0.717, 1.165) is 0 Å². The van der Waals surface area contributed by atoms with E-state index in [1.165, 1.54) is 12.1 Å². The molecule has 0 radical (unpaired) electrons. The van der Waals surface area contributed by atoms with Gasteiger partial charge in [0.15, 0.2) is 5.82 Å². The fourth-order valence-corrected chi connectivity index (χ4v) is 3.95. The van der Waals surface area contributed by atoms with E-state index in [9.17, 15) is 9.18 Å². The lowest BCUT2D eigenvalue weighted by Gasteiger charge is -2.35. The number of ether oxygens (including phenoxy) is 2. The van der Waals surface area contributed by atoms with Gasteiger partial charge in [-0.2, -0.15) is 0 Å². The highest BCUT2D eigenvalue weighted by atomic mass is 19.1. The number of aromatic amines is 1. The molecule has 38 heavy (non-hydrogen) atoms. The van der Waals surface area contributed by atoms with Crippen LogP contribution in [0.25, 0.3) is 22.6 Å². The molecular formula is C27H28FN7O3. The third-order valence-electron chi connectivity index (χ3n) is 5.99. The fraction of sp³-hybridized carbons (Fsp3) is 0.296. The number of pyridine rings is 1. The molecule has 0 aliphatic carbocycles. The predicted octanol–water partition coefficient (Wildman–Crippen LogP) is 4.58. The summed E-state index contributed by atoms with van der Waals surface area (Å²) in [6.07, 6.45) is 4.03. The average molecular weight is 518 g/mol. The van der Waals surface area contributed by atoms with Crippen molar-refractivity contribution in [2.24, 2.45) is 5.41 Å². The lowest BCUT2D eigenvalue weighted by Crippen LogP contribution is -2.45. The molecule has 4 aromatic rings. The highest BCUT2D eigenvalue weighted by Gasteiger charge is 2.41. The van der Waals surface area contributed by atoms with Crippen molar-refractivity contribution in [3.05, 3.63) is 72.7 Å². The third-order valence-corrected chi connectivity index (χ3v) is 5.99. The van der Waals surface area contributed by atoms with Gasteiger partial charge in [-0.05, 0) is 63.2 Å². The van der Waals surface area contributed by atoms with Crippen LogP contribution in [0.3, 0.4) is 0 Å². The van der Waals surface area contributed by atoms with E-state index in [1.807, 2.05) is 13.8 Å². The van der Waals surface area contributed by atoms with Crippen LogP contribution in [0.2, 0.25) is 0 Å². The van der Waals surface area contributed by atoms with E-state index >= 15 is 0 Å². The molecule has 196 valence electrons. The van der Waals surface area contributed by atoms with Gasteiger partial charge < -0.3 is 25.1 Å². The van der Waals surface area contributed by atoms with E-state index in [1.54, 1.807) is 55.8 Å². The summed E-state index contributed by atoms with van der Waals surface area (Å²) in [4.78, 5) is 33.8. The summed E-state index contributed by atoms with van der Waals surface area (Å²) in [6, 6.07) is 11.4.